The third-order valence-electron chi connectivity index (χ3n) is 0.667. The molecule has 0 fully saturated rings. The van der Waals surface area contributed by atoms with E-state index in [2.05, 4.69) is 6.92 Å². The Kier molecular flexibility index (Phi) is 6.48. The van der Waals surface area contributed by atoms with E-state index in [0.29, 0.717) is 0 Å². The van der Waals surface area contributed by atoms with Gasteiger partial charge in [0.2, 0.25) is 0 Å². The van der Waals surface area contributed by atoms with Crippen molar-refractivity contribution in [1.82, 2.24) is 0 Å². The van der Waals surface area contributed by atoms with Gasteiger partial charge in [-0.2, -0.15) is 8.42 Å². The maximum atomic E-state index is 9.95. The fourth-order valence-electron chi connectivity index (χ4n) is 0.149. The van der Waals surface area contributed by atoms with E-state index in [0.717, 1.165) is 0 Å². The maximum absolute atomic E-state index is 9.95. The van der Waals surface area contributed by atoms with Crippen LogP contribution in [-0.4, -0.2) is 47.9 Å². The second-order valence-corrected chi connectivity index (χ2v) is 2.98. The Morgan fingerprint density at radius 1 is 1.67 bits per heavy atom. The quantitative estimate of drug-likeness (QED) is 0.392. The average molecular weight is 162 g/mol. The molecule has 3 N–H and O–H groups in total. The predicted molar refractivity (Wildman–Crippen MR) is 36.6 cm³/mol. The molecule has 0 saturated heterocycles. The Hall–Kier alpha value is 0.870. The van der Waals surface area contributed by atoms with Gasteiger partial charge in [-0.05, 0) is 6.42 Å². The van der Waals surface area contributed by atoms with Crippen molar-refractivity contribution in [2.24, 2.45) is 5.73 Å². The van der Waals surface area contributed by atoms with Gasteiger partial charge in [-0.15, -0.1) is 0 Å². The summed E-state index contributed by atoms with van der Waals surface area (Å²) in [5.41, 5.74) is 4.85. The molecule has 0 aromatic heterocycles. The summed E-state index contributed by atoms with van der Waals surface area (Å²) in [5, 5.41) is -1.23. The number of hydrogen-bond acceptors (Lipinski definition) is 3. The van der Waals surface area contributed by atoms with Crippen molar-refractivity contribution in [2.75, 3.05) is 0 Å². The third kappa shape index (κ3) is 5.32. The van der Waals surface area contributed by atoms with E-state index in [9.17, 15) is 8.42 Å². The molecule has 4 nitrogen and oxygen atoms in total. The standard InChI is InChI=1S/C3H8NO3S.Na.H/c1-2-3(4)8(5,6)7;;/h3H,1-2,4H2,(H,5,6,7);;. The van der Waals surface area contributed by atoms with Gasteiger partial charge in [0.15, 0.2) is 0 Å². The molecule has 1 atom stereocenters. The predicted octanol–water partition coefficient (Wildman–Crippen LogP) is -1.27. The van der Waals surface area contributed by atoms with E-state index in [-0.39, 0.29) is 36.0 Å². The van der Waals surface area contributed by atoms with Crippen molar-refractivity contribution in [3.8, 4) is 0 Å². The van der Waals surface area contributed by atoms with E-state index in [1.807, 2.05) is 0 Å². The van der Waals surface area contributed by atoms with Crippen LogP contribution in [0.3, 0.4) is 0 Å². The van der Waals surface area contributed by atoms with Gasteiger partial charge >= 0.3 is 29.6 Å². The van der Waals surface area contributed by atoms with E-state index >= 15 is 0 Å². The zero-order valence-corrected chi connectivity index (χ0v) is 5.06. The van der Waals surface area contributed by atoms with Gasteiger partial charge in [0, 0.05) is 0 Å². The molecular weight excluding hydrogens is 153 g/mol. The van der Waals surface area contributed by atoms with E-state index in [4.69, 9.17) is 10.3 Å². The molecule has 0 aliphatic carbocycles. The molecule has 0 aromatic carbocycles. The van der Waals surface area contributed by atoms with Crippen LogP contribution < -0.4 is 5.73 Å². The Morgan fingerprint density at radius 2 is 2.00 bits per heavy atom. The van der Waals surface area contributed by atoms with Crippen LogP contribution in [0.2, 0.25) is 0 Å². The summed E-state index contributed by atoms with van der Waals surface area (Å²) in [6.07, 6.45) is -0.0150. The zero-order valence-electron chi connectivity index (χ0n) is 4.24. The van der Waals surface area contributed by atoms with Gasteiger partial charge in [0.25, 0.3) is 10.1 Å². The van der Waals surface area contributed by atoms with Crippen LogP contribution in [0, 0.1) is 6.92 Å². The number of nitrogens with two attached hydrogens (primary N) is 1. The molecule has 0 spiro atoms. The summed E-state index contributed by atoms with van der Waals surface area (Å²) in [4.78, 5) is 0. The molecule has 0 aliphatic rings. The first-order valence-electron chi connectivity index (χ1n) is 1.99. The topological polar surface area (TPSA) is 80.4 Å². The van der Waals surface area contributed by atoms with Crippen LogP contribution in [0.1, 0.15) is 6.42 Å². The number of rotatable bonds is 2. The van der Waals surface area contributed by atoms with E-state index in [1.54, 1.807) is 0 Å². The van der Waals surface area contributed by atoms with Crippen molar-refractivity contribution in [3.63, 3.8) is 0 Å². The summed E-state index contributed by atoms with van der Waals surface area (Å²) >= 11 is 0. The molecule has 0 aromatic rings. The van der Waals surface area contributed by atoms with Crippen LogP contribution in [-0.2, 0) is 10.1 Å². The second-order valence-electron chi connectivity index (χ2n) is 1.34. The molecule has 0 amide bonds. The van der Waals surface area contributed by atoms with Gasteiger partial charge in [-0.25, -0.2) is 0 Å². The molecule has 1 radical (unpaired) electrons. The Labute approximate surface area is 76.9 Å². The van der Waals surface area contributed by atoms with Gasteiger partial charge in [-0.3, -0.25) is 4.55 Å². The molecule has 9 heavy (non-hydrogen) atoms. The summed E-state index contributed by atoms with van der Waals surface area (Å²) in [7, 11) is -4.04. The fraction of sp³-hybridized carbons (Fsp3) is 0.667. The van der Waals surface area contributed by atoms with Gasteiger partial charge in [0.1, 0.15) is 5.37 Å². The fourth-order valence-corrected chi connectivity index (χ4v) is 0.447. The van der Waals surface area contributed by atoms with Gasteiger partial charge in [-0.1, -0.05) is 6.92 Å². The Bertz CT molecular complexity index is 154. The normalized spacial score (nSPS) is 14.1. The third-order valence-corrected chi connectivity index (χ3v) is 1.67. The van der Waals surface area contributed by atoms with E-state index in [1.165, 1.54) is 0 Å². The molecule has 0 heterocycles. The molecule has 51 valence electrons. The van der Waals surface area contributed by atoms with Crippen LogP contribution >= 0.6 is 0 Å². The summed E-state index contributed by atoms with van der Waals surface area (Å²) in [6, 6.07) is 0. The van der Waals surface area contributed by atoms with Crippen LogP contribution in [0.15, 0.2) is 0 Å². The first kappa shape index (κ1) is 12.5. The van der Waals surface area contributed by atoms with Crippen LogP contribution in [0.4, 0.5) is 0 Å². The van der Waals surface area contributed by atoms with Crippen LogP contribution in [0.5, 0.6) is 0 Å². The zero-order chi connectivity index (χ0) is 6.78. The monoisotopic (exact) mass is 162 g/mol. The molecule has 6 heteroatoms. The first-order valence-corrected chi connectivity index (χ1v) is 3.50. The van der Waals surface area contributed by atoms with Crippen molar-refractivity contribution >= 4 is 39.7 Å². The van der Waals surface area contributed by atoms with Gasteiger partial charge in [0.05, 0.1) is 0 Å². The number of hydrogen-bond donors (Lipinski definition) is 2. The summed E-state index contributed by atoms with van der Waals surface area (Å²) in [5.74, 6) is 0. The summed E-state index contributed by atoms with van der Waals surface area (Å²) < 4.78 is 28.0. The van der Waals surface area contributed by atoms with Gasteiger partial charge < -0.3 is 5.73 Å². The molecule has 1 unspecified atom stereocenters. The molecular formula is C3H9NNaO3S. The second kappa shape index (κ2) is 4.65. The van der Waals surface area contributed by atoms with Crippen molar-refractivity contribution in [1.29, 1.82) is 0 Å². The SMILES string of the molecule is [CH2]CC(N)S(=O)(=O)O.[NaH]. The minimum absolute atomic E-state index is 0. The first-order chi connectivity index (χ1) is 3.48. The van der Waals surface area contributed by atoms with Crippen molar-refractivity contribution in [2.45, 2.75) is 11.8 Å². The molecule has 0 rings (SSSR count). The van der Waals surface area contributed by atoms with E-state index < -0.39 is 15.5 Å². The van der Waals surface area contributed by atoms with Crippen molar-refractivity contribution < 1.29 is 13.0 Å². The Morgan fingerprint density at radius 3 is 2.00 bits per heavy atom. The molecule has 0 aliphatic heterocycles. The molecule has 0 saturated carbocycles. The average Bonchev–Trinajstić information content (AvgIpc) is 1.62. The van der Waals surface area contributed by atoms with Crippen molar-refractivity contribution in [3.05, 3.63) is 6.92 Å². The Balaban J connectivity index is 0. The molecule has 0 bridgehead atoms. The minimum atomic E-state index is -4.04. The van der Waals surface area contributed by atoms with Crippen LogP contribution in [0.25, 0.3) is 0 Å². The summed E-state index contributed by atoms with van der Waals surface area (Å²) in [6.45, 7) is 3.19.